The first-order valence-corrected chi connectivity index (χ1v) is 7.44. The Kier molecular flexibility index (Phi) is 5.18. The van der Waals surface area contributed by atoms with Gasteiger partial charge >= 0.3 is 15.2 Å². The summed E-state index contributed by atoms with van der Waals surface area (Å²) in [5, 5.41) is -3.13. The van der Waals surface area contributed by atoms with Crippen LogP contribution in [0.1, 0.15) is 6.92 Å². The maximum atomic E-state index is 11.2. The predicted octanol–water partition coefficient (Wildman–Crippen LogP) is 0.115. The fraction of sp³-hybridized carbons (Fsp3) is 0.286. The van der Waals surface area contributed by atoms with Crippen LogP contribution in [0.5, 0.6) is 0 Å². The molecule has 0 amide bonds. The Morgan fingerprint density at radius 1 is 1.29 bits per heavy atom. The summed E-state index contributed by atoms with van der Waals surface area (Å²) >= 11 is 0. The second-order valence-corrected chi connectivity index (χ2v) is 7.02. The minimum atomic E-state index is -5.32. The molecule has 0 aliphatic heterocycles. The first kappa shape index (κ1) is 16.4. The van der Waals surface area contributed by atoms with Crippen molar-refractivity contribution in [2.24, 2.45) is 10.7 Å². The summed E-state index contributed by atoms with van der Waals surface area (Å²) in [4.78, 5) is 39.4. The van der Waals surface area contributed by atoms with E-state index in [0.717, 1.165) is 12.3 Å². The van der Waals surface area contributed by atoms with Crippen LogP contribution < -0.4 is 5.73 Å². The molecule has 8 nitrogen and oxygen atoms in total. The molecular formula is C7H14N2O6P2. The first-order chi connectivity index (χ1) is 7.52. The van der Waals surface area contributed by atoms with Crippen molar-refractivity contribution >= 4 is 21.9 Å². The molecule has 0 aliphatic carbocycles. The fourth-order valence-corrected chi connectivity index (χ4v) is 3.34. The molecule has 10 heteroatoms. The minimum absolute atomic E-state index is 0.503. The Morgan fingerprint density at radius 3 is 1.94 bits per heavy atom. The van der Waals surface area contributed by atoms with E-state index in [-0.39, 0.29) is 0 Å². The topological polar surface area (TPSA) is 153 Å². The normalized spacial score (nSPS) is 15.3. The molecule has 0 rings (SSSR count). The molecular weight excluding hydrogens is 270 g/mol. The zero-order valence-electron chi connectivity index (χ0n) is 8.96. The first-order valence-electron chi connectivity index (χ1n) is 4.21. The third-order valence-corrected chi connectivity index (χ3v) is 5.75. The van der Waals surface area contributed by atoms with E-state index in [9.17, 15) is 9.13 Å². The molecule has 0 aliphatic rings. The van der Waals surface area contributed by atoms with Crippen LogP contribution in [0.2, 0.25) is 0 Å². The molecule has 0 bridgehead atoms. The van der Waals surface area contributed by atoms with Gasteiger partial charge in [0.1, 0.15) is 0 Å². The molecule has 0 aromatic rings. The molecule has 0 aromatic heterocycles. The second kappa shape index (κ2) is 5.37. The third-order valence-electron chi connectivity index (χ3n) is 1.89. The number of allylic oxidation sites excluding steroid dienone is 1. The molecule has 6 N–H and O–H groups in total. The van der Waals surface area contributed by atoms with Crippen molar-refractivity contribution < 1.29 is 28.7 Å². The highest BCUT2D eigenvalue weighted by molar-refractivity contribution is 7.72. The summed E-state index contributed by atoms with van der Waals surface area (Å²) in [6.45, 7) is 4.52. The average molecular weight is 284 g/mol. The van der Waals surface area contributed by atoms with E-state index in [0.29, 0.717) is 0 Å². The van der Waals surface area contributed by atoms with E-state index in [2.05, 4.69) is 11.7 Å². The van der Waals surface area contributed by atoms with Crippen molar-refractivity contribution in [1.82, 2.24) is 0 Å². The van der Waals surface area contributed by atoms with E-state index in [4.69, 9.17) is 25.3 Å². The minimum Gasteiger partial charge on any atom is -0.322 e. The lowest BCUT2D eigenvalue weighted by Crippen LogP contribution is -2.40. The number of rotatable bonds is 5. The van der Waals surface area contributed by atoms with Gasteiger partial charge in [-0.3, -0.25) is 14.1 Å². The Morgan fingerprint density at radius 2 is 1.71 bits per heavy atom. The highest BCUT2D eigenvalue weighted by Crippen LogP contribution is 2.69. The summed E-state index contributed by atoms with van der Waals surface area (Å²) in [5.74, 6) is 0. The van der Waals surface area contributed by atoms with Crippen molar-refractivity contribution in [3.8, 4) is 0 Å². The number of nitrogens with zero attached hydrogens (tertiary/aromatic N) is 1. The van der Waals surface area contributed by atoms with Crippen LogP contribution in [0, 0.1) is 0 Å². The Hall–Kier alpha value is -0.590. The molecule has 0 fully saturated rings. The summed E-state index contributed by atoms with van der Waals surface area (Å²) in [5.41, 5.74) is 4.73. The number of hydrogen-bond donors (Lipinski definition) is 5. The summed E-state index contributed by atoms with van der Waals surface area (Å²) in [6.07, 6.45) is 3.15. The maximum Gasteiger partial charge on any atom is 0.362 e. The van der Waals surface area contributed by atoms with Crippen molar-refractivity contribution in [3.63, 3.8) is 0 Å². The van der Waals surface area contributed by atoms with Crippen molar-refractivity contribution in [1.29, 1.82) is 0 Å². The Balaban J connectivity index is 6.16. The lowest BCUT2D eigenvalue weighted by atomic mass is 10.2. The fourth-order valence-electron chi connectivity index (χ4n) is 1.04. The van der Waals surface area contributed by atoms with Crippen molar-refractivity contribution in [2.45, 2.75) is 11.9 Å². The molecule has 0 aromatic carbocycles. The zero-order chi connectivity index (χ0) is 13.9. The highest BCUT2D eigenvalue weighted by Gasteiger charge is 2.59. The quantitative estimate of drug-likeness (QED) is 0.273. The van der Waals surface area contributed by atoms with Crippen LogP contribution in [0.3, 0.4) is 0 Å². The lowest BCUT2D eigenvalue weighted by Gasteiger charge is -2.31. The summed E-state index contributed by atoms with van der Waals surface area (Å²) in [6, 6.07) is 0. The molecule has 0 atom stereocenters. The molecule has 0 radical (unpaired) electrons. The SMILES string of the molecule is C=N/C=C(\C=C/C)C(N)(P(=O)(O)O)P(=O)(O)O. The average Bonchev–Trinajstić information content (AvgIpc) is 2.12. The van der Waals surface area contributed by atoms with Gasteiger partial charge in [-0.05, 0) is 13.6 Å². The third kappa shape index (κ3) is 3.20. The summed E-state index contributed by atoms with van der Waals surface area (Å²) < 4.78 is 22.5. The van der Waals surface area contributed by atoms with Gasteiger partial charge in [0.15, 0.2) is 0 Å². The van der Waals surface area contributed by atoms with E-state index < -0.39 is 25.8 Å². The number of hydrogen-bond acceptors (Lipinski definition) is 4. The molecule has 0 unspecified atom stereocenters. The molecule has 17 heavy (non-hydrogen) atoms. The van der Waals surface area contributed by atoms with Gasteiger partial charge in [-0.25, -0.2) is 0 Å². The van der Waals surface area contributed by atoms with Crippen LogP contribution in [0.4, 0.5) is 0 Å². The van der Waals surface area contributed by atoms with Gasteiger partial charge in [-0.1, -0.05) is 12.2 Å². The molecule has 0 heterocycles. The van der Waals surface area contributed by atoms with Gasteiger partial charge in [0.2, 0.25) is 5.02 Å². The van der Waals surface area contributed by atoms with Crippen LogP contribution in [-0.2, 0) is 9.13 Å². The van der Waals surface area contributed by atoms with Crippen LogP contribution in [-0.4, -0.2) is 31.3 Å². The van der Waals surface area contributed by atoms with E-state index in [1.165, 1.54) is 13.0 Å². The van der Waals surface area contributed by atoms with Gasteiger partial charge in [-0.15, -0.1) is 0 Å². The zero-order valence-corrected chi connectivity index (χ0v) is 10.8. The second-order valence-electron chi connectivity index (χ2n) is 3.08. The van der Waals surface area contributed by atoms with Gasteiger partial charge in [0.05, 0.1) is 0 Å². The Labute approximate surface area is 97.9 Å². The Bertz CT molecular complexity index is 423. The lowest BCUT2D eigenvalue weighted by molar-refractivity contribution is 0.320. The molecule has 0 spiro atoms. The van der Waals surface area contributed by atoms with Gasteiger partial charge < -0.3 is 25.3 Å². The maximum absolute atomic E-state index is 11.2. The van der Waals surface area contributed by atoms with Crippen molar-refractivity contribution in [3.05, 3.63) is 23.9 Å². The molecule has 0 saturated carbocycles. The molecule has 0 saturated heterocycles. The van der Waals surface area contributed by atoms with E-state index in [1.807, 2.05) is 0 Å². The predicted molar refractivity (Wildman–Crippen MR) is 63.5 cm³/mol. The number of aliphatic imine (C=N–C) groups is 1. The van der Waals surface area contributed by atoms with Crippen LogP contribution in [0.25, 0.3) is 0 Å². The monoisotopic (exact) mass is 284 g/mol. The van der Waals surface area contributed by atoms with Crippen molar-refractivity contribution in [2.75, 3.05) is 0 Å². The van der Waals surface area contributed by atoms with Gasteiger partial charge in [-0.2, -0.15) is 0 Å². The largest absolute Gasteiger partial charge is 0.362 e. The van der Waals surface area contributed by atoms with Crippen LogP contribution >= 0.6 is 15.2 Å². The van der Waals surface area contributed by atoms with Gasteiger partial charge in [0.25, 0.3) is 0 Å². The van der Waals surface area contributed by atoms with Crippen LogP contribution in [0.15, 0.2) is 28.9 Å². The molecule has 98 valence electrons. The standard InChI is InChI=1S/C7H14N2O6P2/c1-3-4-6(5-9-2)7(8,16(10,11)12)17(13,14)15/h3-5H,2,8H2,1H3,(H2,10,11,12)(H2,13,14,15)/b4-3-,6-5+. The number of nitrogens with two attached hydrogens (primary N) is 1. The van der Waals surface area contributed by atoms with E-state index in [1.54, 1.807) is 0 Å². The highest BCUT2D eigenvalue weighted by atomic mass is 31.2. The smallest absolute Gasteiger partial charge is 0.322 e. The van der Waals surface area contributed by atoms with Gasteiger partial charge in [0, 0.05) is 11.8 Å². The van der Waals surface area contributed by atoms with E-state index >= 15 is 0 Å². The summed E-state index contributed by atoms with van der Waals surface area (Å²) in [7, 11) is -10.6.